The van der Waals surface area contributed by atoms with Crippen LogP contribution in [0.1, 0.15) is 0 Å². The average molecular weight is 666 g/mol. The average Bonchev–Trinajstić information content (AvgIpc) is 2.55. The molecule has 32 heavy (non-hydrogen) atoms. The van der Waals surface area contributed by atoms with Crippen molar-refractivity contribution in [1.29, 1.82) is 0 Å². The molecule has 12 nitrogen and oxygen atoms in total. The quantitative estimate of drug-likeness (QED) is 0.203. The molecule has 0 amide bonds. The summed E-state index contributed by atoms with van der Waals surface area (Å²) in [5.41, 5.74) is 0. The molecule has 168 valence electrons. The van der Waals surface area contributed by atoms with Crippen LogP contribution in [0.3, 0.4) is 0 Å². The minimum Gasteiger partial charge on any atom is -0.480 e. The molecule has 1 saturated heterocycles. The minimum atomic E-state index is -1.02. The van der Waals surface area contributed by atoms with Crippen molar-refractivity contribution >= 4 is 23.9 Å². The van der Waals surface area contributed by atoms with Crippen LogP contribution in [0.25, 0.3) is 0 Å². The molecule has 1 fully saturated rings. The first-order chi connectivity index (χ1) is 13.2. The molecule has 0 spiro atoms. The Kier molecular flexibility index (Phi) is 26.8. The first-order valence-corrected chi connectivity index (χ1v) is 8.92. The summed E-state index contributed by atoms with van der Waals surface area (Å²) in [7, 11) is 0. The Labute approximate surface area is 238 Å². The van der Waals surface area contributed by atoms with E-state index in [-0.39, 0.29) is 104 Å². The molecule has 0 atom stereocenters. The van der Waals surface area contributed by atoms with E-state index in [9.17, 15) is 19.2 Å². The summed E-state index contributed by atoms with van der Waals surface area (Å²) < 4.78 is 0. The number of hydrogen-bond acceptors (Lipinski definition) is 8. The number of carboxylic acid groups (broad SMARTS) is 4. The topological polar surface area (TPSA) is 162 Å². The zero-order valence-corrected chi connectivity index (χ0v) is 30.4. The second-order valence-electron chi connectivity index (χ2n) is 6.68. The summed E-state index contributed by atoms with van der Waals surface area (Å²) >= 11 is 0. The first-order valence-electron chi connectivity index (χ1n) is 8.92. The Morgan fingerprint density at radius 3 is 0.625 bits per heavy atom. The van der Waals surface area contributed by atoms with Crippen LogP contribution in [-0.2, 0) is 97.1 Å². The number of aliphatic carboxylic acids is 4. The van der Waals surface area contributed by atoms with Gasteiger partial charge >= 0.3 is 23.9 Å². The minimum absolute atomic E-state index is 0. The molecule has 0 bridgehead atoms. The van der Waals surface area contributed by atoms with Gasteiger partial charge in [0.15, 0.2) is 0 Å². The van der Waals surface area contributed by atoms with E-state index in [1.165, 1.54) is 0 Å². The fraction of sp³-hybridized carbons (Fsp3) is 0.750. The first kappa shape index (κ1) is 39.4. The molecule has 1 aliphatic rings. The molecule has 1 rings (SSSR count). The van der Waals surface area contributed by atoms with E-state index in [2.05, 4.69) is 0 Å². The smallest absolute Gasteiger partial charge is 0.317 e. The van der Waals surface area contributed by atoms with Crippen molar-refractivity contribution in [3.8, 4) is 0 Å². The van der Waals surface area contributed by atoms with E-state index < -0.39 is 23.9 Å². The van der Waals surface area contributed by atoms with E-state index >= 15 is 0 Å². The Morgan fingerprint density at radius 2 is 0.531 bits per heavy atom. The number of nitrogens with zero attached hydrogens (tertiary/aromatic N) is 4. The Bertz CT molecular complexity index is 464. The third-order valence-corrected chi connectivity index (χ3v) is 4.37. The molecule has 16 heteroatoms. The van der Waals surface area contributed by atoms with Crippen LogP contribution in [-0.4, -0.2) is 142 Å². The van der Waals surface area contributed by atoms with Crippen molar-refractivity contribution in [2.45, 2.75) is 0 Å². The van der Waals surface area contributed by atoms with Crippen LogP contribution in [0.5, 0.6) is 0 Å². The normalized spacial score (nSPS) is 17.0. The molecule has 1 heterocycles. The predicted octanol–water partition coefficient (Wildman–Crippen LogP) is -2.46. The molecule has 0 aliphatic carbocycles. The van der Waals surface area contributed by atoms with Crippen LogP contribution in [0.2, 0.25) is 0 Å². The van der Waals surface area contributed by atoms with Gasteiger partial charge < -0.3 is 20.4 Å². The van der Waals surface area contributed by atoms with Crippen molar-refractivity contribution in [2.24, 2.45) is 0 Å². The number of hydrogen-bond donors (Lipinski definition) is 4. The molecule has 1 aliphatic heterocycles. The van der Waals surface area contributed by atoms with Gasteiger partial charge in [-0.3, -0.25) is 38.8 Å². The van der Waals surface area contributed by atoms with Crippen LogP contribution in [0.4, 0.5) is 0 Å². The summed E-state index contributed by atoms with van der Waals surface area (Å²) in [6.45, 7) is 1.52. The Balaban J connectivity index is -0.000000980. The zero-order chi connectivity index (χ0) is 21.1. The maximum atomic E-state index is 11.1. The van der Waals surface area contributed by atoms with E-state index in [1.807, 2.05) is 0 Å². The van der Waals surface area contributed by atoms with Gasteiger partial charge in [-0.1, -0.05) is 0 Å². The molecular formula is C16H28N4O8Zn4. The molecule has 0 aromatic heterocycles. The van der Waals surface area contributed by atoms with E-state index in [0.29, 0.717) is 52.4 Å². The SMILES string of the molecule is O=C(O)CN1CCN(CC(=O)O)CCN(CC(=O)O)CCN(CC(=O)O)CC1.[Zn].[Zn].[Zn].[Zn]. The maximum Gasteiger partial charge on any atom is 0.317 e. The van der Waals surface area contributed by atoms with Gasteiger partial charge in [0.25, 0.3) is 0 Å². The van der Waals surface area contributed by atoms with Crippen molar-refractivity contribution < 1.29 is 118 Å². The second-order valence-corrected chi connectivity index (χ2v) is 6.68. The van der Waals surface area contributed by atoms with Crippen molar-refractivity contribution in [3.05, 3.63) is 0 Å². The largest absolute Gasteiger partial charge is 0.480 e. The van der Waals surface area contributed by atoms with E-state index in [0.717, 1.165) is 0 Å². The molecule has 0 aromatic rings. The fourth-order valence-electron chi connectivity index (χ4n) is 2.98. The van der Waals surface area contributed by atoms with Crippen molar-refractivity contribution in [2.75, 3.05) is 78.5 Å². The molecular weight excluding hydrogens is 638 g/mol. The third kappa shape index (κ3) is 19.7. The van der Waals surface area contributed by atoms with Gasteiger partial charge in [0.05, 0.1) is 26.2 Å². The molecule has 4 N–H and O–H groups in total. The molecule has 0 radical (unpaired) electrons. The van der Waals surface area contributed by atoms with Crippen LogP contribution in [0, 0.1) is 0 Å². The van der Waals surface area contributed by atoms with Crippen molar-refractivity contribution in [3.63, 3.8) is 0 Å². The third-order valence-electron chi connectivity index (χ3n) is 4.37. The van der Waals surface area contributed by atoms with E-state index in [4.69, 9.17) is 20.4 Å². The van der Waals surface area contributed by atoms with Gasteiger partial charge in [-0.2, -0.15) is 0 Å². The number of carboxylic acids is 4. The van der Waals surface area contributed by atoms with Gasteiger partial charge in [0, 0.05) is 130 Å². The standard InChI is InChI=1S/C16H28N4O8.4Zn/c21-13(22)9-17-1-2-18(10-14(23)24)5-6-20(12-16(27)28)8-7-19(4-3-17)11-15(25)26;;;;/h1-12H2,(H,21,22)(H,23,24)(H,25,26)(H,27,28);;;;. The monoisotopic (exact) mass is 660 g/mol. The summed E-state index contributed by atoms with van der Waals surface area (Å²) in [6, 6.07) is 0. The number of carbonyl (C=O) groups is 4. The van der Waals surface area contributed by atoms with Gasteiger partial charge in [-0.15, -0.1) is 0 Å². The maximum absolute atomic E-state index is 11.1. The number of rotatable bonds is 8. The summed E-state index contributed by atoms with van der Waals surface area (Å²) in [5, 5.41) is 36.3. The molecule has 0 unspecified atom stereocenters. The fourth-order valence-corrected chi connectivity index (χ4v) is 2.98. The van der Waals surface area contributed by atoms with Gasteiger partial charge in [-0.05, 0) is 0 Å². The Hall–Kier alpha value is 0.214. The van der Waals surface area contributed by atoms with Gasteiger partial charge in [-0.25, -0.2) is 0 Å². The second kappa shape index (κ2) is 21.7. The Morgan fingerprint density at radius 1 is 0.406 bits per heavy atom. The van der Waals surface area contributed by atoms with Crippen LogP contribution >= 0.6 is 0 Å². The van der Waals surface area contributed by atoms with Crippen LogP contribution in [0.15, 0.2) is 0 Å². The molecule has 0 saturated carbocycles. The summed E-state index contributed by atoms with van der Waals surface area (Å²) in [5.74, 6) is -4.08. The van der Waals surface area contributed by atoms with E-state index in [1.54, 1.807) is 19.6 Å². The van der Waals surface area contributed by atoms with Crippen LogP contribution < -0.4 is 0 Å². The summed E-state index contributed by atoms with van der Waals surface area (Å²) in [4.78, 5) is 50.9. The predicted molar refractivity (Wildman–Crippen MR) is 96.3 cm³/mol. The van der Waals surface area contributed by atoms with Gasteiger partial charge in [0.2, 0.25) is 0 Å². The summed E-state index contributed by atoms with van der Waals surface area (Å²) in [6.07, 6.45) is 0. The van der Waals surface area contributed by atoms with Crippen molar-refractivity contribution in [1.82, 2.24) is 19.6 Å². The molecule has 0 aromatic carbocycles. The van der Waals surface area contributed by atoms with Gasteiger partial charge in [0.1, 0.15) is 0 Å². The zero-order valence-electron chi connectivity index (χ0n) is 18.5.